The summed E-state index contributed by atoms with van der Waals surface area (Å²) in [5, 5.41) is 3.45. The molecule has 90 valence electrons. The molecule has 0 radical (unpaired) electrons. The van der Waals surface area contributed by atoms with Gasteiger partial charge in [0.15, 0.2) is 5.82 Å². The number of alkyl halides is 4. The highest BCUT2D eigenvalue weighted by atomic mass is 35.5. The van der Waals surface area contributed by atoms with E-state index in [-0.39, 0.29) is 23.2 Å². The van der Waals surface area contributed by atoms with Gasteiger partial charge in [-0.3, -0.25) is 0 Å². The van der Waals surface area contributed by atoms with Gasteiger partial charge in [0.05, 0.1) is 17.0 Å². The number of nitrogens with zero attached hydrogens (tertiary/aromatic N) is 2. The summed E-state index contributed by atoms with van der Waals surface area (Å²) in [5.74, 6) is -0.0512. The number of benzene rings is 1. The Morgan fingerprint density at radius 3 is 2.53 bits per heavy atom. The Bertz CT molecular complexity index is 524. The zero-order chi connectivity index (χ0) is 12.5. The van der Waals surface area contributed by atoms with Crippen LogP contribution in [0.4, 0.5) is 13.2 Å². The molecule has 0 aliphatic heterocycles. The topological polar surface area (TPSA) is 38.9 Å². The van der Waals surface area contributed by atoms with E-state index >= 15 is 0 Å². The van der Waals surface area contributed by atoms with E-state index in [2.05, 4.69) is 10.1 Å². The molecular weight excluding hydrogens is 257 g/mol. The summed E-state index contributed by atoms with van der Waals surface area (Å²) >= 11 is 5.45. The Balaban J connectivity index is 2.52. The van der Waals surface area contributed by atoms with Crippen LogP contribution in [0, 0.1) is 0 Å². The maximum absolute atomic E-state index is 12.7. The molecule has 0 saturated carbocycles. The van der Waals surface area contributed by atoms with Gasteiger partial charge in [-0.05, 0) is 12.1 Å². The fraction of sp³-hybridized carbons (Fsp3) is 0.200. The zero-order valence-electron chi connectivity index (χ0n) is 8.33. The number of hydrogen-bond donors (Lipinski definition) is 0. The van der Waals surface area contributed by atoms with Crippen LogP contribution in [0.25, 0.3) is 11.5 Å². The van der Waals surface area contributed by atoms with E-state index in [4.69, 9.17) is 16.1 Å². The van der Waals surface area contributed by atoms with Crippen molar-refractivity contribution in [2.45, 2.75) is 12.1 Å². The second-order valence-corrected chi connectivity index (χ2v) is 3.46. The molecule has 1 aromatic heterocycles. The highest BCUT2D eigenvalue weighted by Crippen LogP contribution is 2.36. The Morgan fingerprint density at radius 2 is 1.94 bits per heavy atom. The van der Waals surface area contributed by atoms with Crippen LogP contribution in [-0.4, -0.2) is 10.1 Å². The Kier molecular flexibility index (Phi) is 3.06. The van der Waals surface area contributed by atoms with Gasteiger partial charge in [0.1, 0.15) is 0 Å². The van der Waals surface area contributed by atoms with Gasteiger partial charge < -0.3 is 4.52 Å². The van der Waals surface area contributed by atoms with E-state index in [1.54, 1.807) is 0 Å². The molecule has 3 nitrogen and oxygen atoms in total. The van der Waals surface area contributed by atoms with E-state index in [9.17, 15) is 13.2 Å². The first-order valence-corrected chi connectivity index (χ1v) is 5.11. The van der Waals surface area contributed by atoms with Gasteiger partial charge >= 0.3 is 6.18 Å². The molecule has 0 saturated heterocycles. The van der Waals surface area contributed by atoms with Crippen molar-refractivity contribution in [3.63, 3.8) is 0 Å². The predicted octanol–water partition coefficient (Wildman–Crippen LogP) is 3.49. The Labute approximate surface area is 99.2 Å². The lowest BCUT2D eigenvalue weighted by Crippen LogP contribution is -2.06. The van der Waals surface area contributed by atoms with Crippen LogP contribution >= 0.6 is 11.6 Å². The summed E-state index contributed by atoms with van der Waals surface area (Å²) in [6, 6.07) is 4.99. The highest BCUT2D eigenvalue weighted by molar-refractivity contribution is 6.16. The summed E-state index contributed by atoms with van der Waals surface area (Å²) in [6.07, 6.45) is -4.47. The molecular formula is C10H6ClF3N2O. The second kappa shape index (κ2) is 4.37. The van der Waals surface area contributed by atoms with Gasteiger partial charge in [0.2, 0.25) is 0 Å². The minimum atomic E-state index is -4.47. The molecule has 2 aromatic rings. The summed E-state index contributed by atoms with van der Waals surface area (Å²) in [6.45, 7) is 0. The molecule has 1 heterocycles. The summed E-state index contributed by atoms with van der Waals surface area (Å²) in [4.78, 5) is 3.76. The fourth-order valence-corrected chi connectivity index (χ4v) is 1.44. The monoisotopic (exact) mass is 262 g/mol. The molecule has 0 fully saturated rings. The first-order chi connectivity index (χ1) is 8.02. The normalized spacial score (nSPS) is 11.8. The lowest BCUT2D eigenvalue weighted by atomic mass is 10.1. The molecule has 0 unspecified atom stereocenters. The minimum Gasteiger partial charge on any atom is -0.334 e. The van der Waals surface area contributed by atoms with Gasteiger partial charge in [-0.1, -0.05) is 17.3 Å². The third-order valence-corrected chi connectivity index (χ3v) is 2.29. The number of rotatable bonds is 2. The van der Waals surface area contributed by atoms with E-state index < -0.39 is 11.7 Å². The molecule has 17 heavy (non-hydrogen) atoms. The number of halogens is 4. The van der Waals surface area contributed by atoms with Crippen molar-refractivity contribution >= 4 is 11.6 Å². The Hall–Kier alpha value is -1.56. The van der Waals surface area contributed by atoms with Crippen molar-refractivity contribution in [3.8, 4) is 11.5 Å². The molecule has 0 amide bonds. The maximum atomic E-state index is 12.7. The highest BCUT2D eigenvalue weighted by Gasteiger charge is 2.34. The molecule has 0 spiro atoms. The van der Waals surface area contributed by atoms with Gasteiger partial charge in [0.25, 0.3) is 5.89 Å². The maximum Gasteiger partial charge on any atom is 0.417 e. The van der Waals surface area contributed by atoms with Crippen LogP contribution in [0.1, 0.15) is 11.4 Å². The Morgan fingerprint density at radius 1 is 1.24 bits per heavy atom. The van der Waals surface area contributed by atoms with Crippen LogP contribution in [0.15, 0.2) is 28.8 Å². The third-order valence-electron chi connectivity index (χ3n) is 2.05. The molecule has 0 aliphatic rings. The quantitative estimate of drug-likeness (QED) is 0.778. The molecule has 0 aliphatic carbocycles. The van der Waals surface area contributed by atoms with Crippen LogP contribution in [0.3, 0.4) is 0 Å². The van der Waals surface area contributed by atoms with Crippen LogP contribution in [0.5, 0.6) is 0 Å². The van der Waals surface area contributed by atoms with Crippen LogP contribution in [-0.2, 0) is 12.1 Å². The third kappa shape index (κ3) is 2.41. The van der Waals surface area contributed by atoms with Crippen molar-refractivity contribution in [3.05, 3.63) is 35.7 Å². The van der Waals surface area contributed by atoms with E-state index in [0.29, 0.717) is 0 Å². The van der Waals surface area contributed by atoms with Gasteiger partial charge in [-0.2, -0.15) is 18.2 Å². The first-order valence-electron chi connectivity index (χ1n) is 4.57. The van der Waals surface area contributed by atoms with Gasteiger partial charge in [0, 0.05) is 0 Å². The summed E-state index contributed by atoms with van der Waals surface area (Å²) < 4.78 is 42.9. The van der Waals surface area contributed by atoms with Crippen LogP contribution in [0.2, 0.25) is 0 Å². The predicted molar refractivity (Wildman–Crippen MR) is 54.3 cm³/mol. The summed E-state index contributed by atoms with van der Waals surface area (Å²) in [5.41, 5.74) is -0.964. The van der Waals surface area contributed by atoms with Gasteiger partial charge in [-0.25, -0.2) is 0 Å². The van der Waals surface area contributed by atoms with Crippen molar-refractivity contribution in [1.29, 1.82) is 0 Å². The number of aromatic nitrogens is 2. The second-order valence-electron chi connectivity index (χ2n) is 3.19. The van der Waals surface area contributed by atoms with E-state index in [0.717, 1.165) is 6.07 Å². The molecule has 1 aromatic carbocycles. The average Bonchev–Trinajstić information content (AvgIpc) is 2.76. The van der Waals surface area contributed by atoms with Gasteiger partial charge in [-0.15, -0.1) is 11.6 Å². The number of hydrogen-bond acceptors (Lipinski definition) is 3. The lowest BCUT2D eigenvalue weighted by Gasteiger charge is -2.09. The first kappa shape index (κ1) is 11.9. The van der Waals surface area contributed by atoms with Crippen molar-refractivity contribution in [2.24, 2.45) is 0 Å². The average molecular weight is 263 g/mol. The van der Waals surface area contributed by atoms with E-state index in [1.165, 1.54) is 18.2 Å². The largest absolute Gasteiger partial charge is 0.417 e. The van der Waals surface area contributed by atoms with Crippen molar-refractivity contribution < 1.29 is 17.7 Å². The molecule has 0 bridgehead atoms. The van der Waals surface area contributed by atoms with Crippen LogP contribution < -0.4 is 0 Å². The standard InChI is InChI=1S/C10H6ClF3N2O/c11-5-8-15-9(17-16-8)6-3-1-2-4-7(6)10(12,13)14/h1-4H,5H2. The van der Waals surface area contributed by atoms with E-state index in [1.807, 2.05) is 0 Å². The summed E-state index contributed by atoms with van der Waals surface area (Å²) in [7, 11) is 0. The molecule has 2 rings (SSSR count). The smallest absolute Gasteiger partial charge is 0.334 e. The molecule has 0 atom stereocenters. The molecule has 0 N–H and O–H groups in total. The van der Waals surface area contributed by atoms with Crippen molar-refractivity contribution in [1.82, 2.24) is 10.1 Å². The molecule has 7 heteroatoms. The minimum absolute atomic E-state index is 0.0162. The fourth-order valence-electron chi connectivity index (χ4n) is 1.33. The zero-order valence-corrected chi connectivity index (χ0v) is 9.09. The van der Waals surface area contributed by atoms with Crippen molar-refractivity contribution in [2.75, 3.05) is 0 Å². The SMILES string of the molecule is FC(F)(F)c1ccccc1-c1nc(CCl)no1. The lowest BCUT2D eigenvalue weighted by molar-refractivity contribution is -0.137.